The molecule has 0 saturated carbocycles. The van der Waals surface area contributed by atoms with Crippen LogP contribution >= 0.6 is 11.6 Å². The first-order chi connectivity index (χ1) is 11.4. The number of carbonyl (C=O) groups is 2. The van der Waals surface area contributed by atoms with Crippen LogP contribution in [0.4, 0.5) is 15.8 Å². The highest BCUT2D eigenvalue weighted by Crippen LogP contribution is 2.26. The number of anilines is 2. The van der Waals surface area contributed by atoms with Gasteiger partial charge in [-0.2, -0.15) is 0 Å². The van der Waals surface area contributed by atoms with Crippen molar-refractivity contribution in [2.24, 2.45) is 0 Å². The summed E-state index contributed by atoms with van der Waals surface area (Å²) < 4.78 is 18.5. The van der Waals surface area contributed by atoms with Crippen molar-refractivity contribution in [2.45, 2.75) is 6.92 Å². The van der Waals surface area contributed by atoms with Crippen molar-refractivity contribution < 1.29 is 18.7 Å². The molecule has 0 heterocycles. The predicted molar refractivity (Wildman–Crippen MR) is 91.0 cm³/mol. The van der Waals surface area contributed by atoms with Crippen LogP contribution in [0.2, 0.25) is 5.02 Å². The van der Waals surface area contributed by atoms with Crippen LogP contribution in [0.25, 0.3) is 0 Å². The highest BCUT2D eigenvalue weighted by atomic mass is 35.5. The summed E-state index contributed by atoms with van der Waals surface area (Å²) in [6.07, 6.45) is 0. The molecule has 0 fully saturated rings. The molecule has 0 bridgehead atoms. The van der Waals surface area contributed by atoms with Crippen LogP contribution < -0.4 is 10.6 Å². The van der Waals surface area contributed by atoms with Crippen molar-refractivity contribution in [1.82, 2.24) is 0 Å². The summed E-state index contributed by atoms with van der Waals surface area (Å²) in [5.74, 6) is -1.52. The van der Waals surface area contributed by atoms with E-state index in [2.05, 4.69) is 10.6 Å². The number of carbonyl (C=O) groups excluding carboxylic acids is 2. The van der Waals surface area contributed by atoms with Crippen LogP contribution in [0, 0.1) is 12.7 Å². The Labute approximate surface area is 143 Å². The summed E-state index contributed by atoms with van der Waals surface area (Å²) in [7, 11) is 1.41. The number of hydrogen-bond acceptors (Lipinski definition) is 3. The molecule has 2 N–H and O–H groups in total. The van der Waals surface area contributed by atoms with Crippen LogP contribution in [0.3, 0.4) is 0 Å². The van der Waals surface area contributed by atoms with Gasteiger partial charge in [0.05, 0.1) is 16.3 Å². The maximum atomic E-state index is 13.8. The van der Waals surface area contributed by atoms with Crippen molar-refractivity contribution in [3.8, 4) is 0 Å². The minimum atomic E-state index is -0.595. The Morgan fingerprint density at radius 2 is 1.96 bits per heavy atom. The number of rotatable bonds is 5. The van der Waals surface area contributed by atoms with Gasteiger partial charge in [-0.3, -0.25) is 9.59 Å². The summed E-state index contributed by atoms with van der Waals surface area (Å²) in [6.45, 7) is 1.56. The normalized spacial score (nSPS) is 10.3. The zero-order valence-corrected chi connectivity index (χ0v) is 13.9. The second-order valence-electron chi connectivity index (χ2n) is 5.06. The van der Waals surface area contributed by atoms with Gasteiger partial charge in [-0.1, -0.05) is 23.7 Å². The topological polar surface area (TPSA) is 67.4 Å². The zero-order valence-electron chi connectivity index (χ0n) is 13.2. The number of ether oxygens (including phenoxy) is 1. The van der Waals surface area contributed by atoms with E-state index in [1.54, 1.807) is 25.1 Å². The molecule has 0 aliphatic rings. The van der Waals surface area contributed by atoms with E-state index in [-0.39, 0.29) is 23.1 Å². The van der Waals surface area contributed by atoms with Crippen molar-refractivity contribution in [3.63, 3.8) is 0 Å². The Kier molecular flexibility index (Phi) is 5.89. The van der Waals surface area contributed by atoms with Gasteiger partial charge >= 0.3 is 0 Å². The fraction of sp³-hybridized carbons (Fsp3) is 0.176. The molecule has 0 aliphatic carbocycles. The number of methoxy groups -OCH3 is 1. The van der Waals surface area contributed by atoms with Gasteiger partial charge < -0.3 is 15.4 Å². The standard InChI is InChI=1S/C17H16ClFN2O3/c1-10-4-3-5-13(19)16(10)17(23)20-11-6-7-14(12(18)8-11)21-15(22)9-24-2/h3-8H,9H2,1-2H3,(H,20,23)(H,21,22). The fourth-order valence-corrected chi connectivity index (χ4v) is 2.35. The van der Waals surface area contributed by atoms with Crippen molar-refractivity contribution in [2.75, 3.05) is 24.4 Å². The number of hydrogen-bond donors (Lipinski definition) is 2. The van der Waals surface area contributed by atoms with Gasteiger partial charge in [-0.05, 0) is 36.8 Å². The summed E-state index contributed by atoms with van der Waals surface area (Å²) in [6, 6.07) is 8.98. The van der Waals surface area contributed by atoms with E-state index in [1.165, 1.54) is 25.3 Å². The molecule has 0 atom stereocenters. The molecule has 2 aromatic rings. The van der Waals surface area contributed by atoms with Gasteiger partial charge in [-0.15, -0.1) is 0 Å². The van der Waals surface area contributed by atoms with Crippen molar-refractivity contribution >= 4 is 34.8 Å². The van der Waals surface area contributed by atoms with Crippen molar-refractivity contribution in [3.05, 3.63) is 58.4 Å². The van der Waals surface area contributed by atoms with Crippen LogP contribution in [-0.2, 0) is 9.53 Å². The van der Waals surface area contributed by atoms with Crippen molar-refractivity contribution in [1.29, 1.82) is 0 Å². The molecule has 0 spiro atoms. The predicted octanol–water partition coefficient (Wildman–Crippen LogP) is 3.62. The summed E-state index contributed by atoms with van der Waals surface area (Å²) in [5.41, 5.74) is 1.28. The van der Waals surface area contributed by atoms with E-state index in [0.717, 1.165) is 0 Å². The minimum absolute atomic E-state index is 0.0221. The molecule has 7 heteroatoms. The Hall–Kier alpha value is -2.44. The van der Waals surface area contributed by atoms with Crippen LogP contribution in [0.5, 0.6) is 0 Å². The minimum Gasteiger partial charge on any atom is -0.375 e. The van der Waals surface area contributed by atoms with Gasteiger partial charge in [0.15, 0.2) is 0 Å². The van der Waals surface area contributed by atoms with E-state index >= 15 is 0 Å². The van der Waals surface area contributed by atoms with Gasteiger partial charge in [-0.25, -0.2) is 4.39 Å². The molecule has 0 radical (unpaired) electrons. The third-order valence-corrected chi connectivity index (χ3v) is 3.54. The molecule has 2 amide bonds. The lowest BCUT2D eigenvalue weighted by atomic mass is 10.1. The second kappa shape index (κ2) is 7.90. The molecular weight excluding hydrogens is 335 g/mol. The third-order valence-electron chi connectivity index (χ3n) is 3.23. The Bertz CT molecular complexity index is 760. The molecule has 24 heavy (non-hydrogen) atoms. The van der Waals surface area contributed by atoms with Crippen LogP contribution in [0.15, 0.2) is 36.4 Å². The molecule has 0 aliphatic heterocycles. The average Bonchev–Trinajstić information content (AvgIpc) is 2.50. The first kappa shape index (κ1) is 17.9. The second-order valence-corrected chi connectivity index (χ2v) is 5.47. The summed E-state index contributed by atoms with van der Waals surface area (Å²) in [5, 5.41) is 5.40. The average molecular weight is 351 g/mol. The lowest BCUT2D eigenvalue weighted by Crippen LogP contribution is -2.18. The summed E-state index contributed by atoms with van der Waals surface area (Å²) in [4.78, 5) is 23.7. The number of nitrogens with one attached hydrogen (secondary N) is 2. The molecule has 0 saturated heterocycles. The summed E-state index contributed by atoms with van der Waals surface area (Å²) >= 11 is 6.08. The number of aryl methyl sites for hydroxylation is 1. The molecule has 5 nitrogen and oxygen atoms in total. The molecule has 0 unspecified atom stereocenters. The SMILES string of the molecule is COCC(=O)Nc1ccc(NC(=O)c2c(C)cccc2F)cc1Cl. The van der Waals surface area contributed by atoms with E-state index in [9.17, 15) is 14.0 Å². The first-order valence-corrected chi connectivity index (χ1v) is 7.45. The monoisotopic (exact) mass is 350 g/mol. The van der Waals surface area contributed by atoms with Crippen LogP contribution in [0.1, 0.15) is 15.9 Å². The van der Waals surface area contributed by atoms with Crippen LogP contribution in [-0.4, -0.2) is 25.5 Å². The highest BCUT2D eigenvalue weighted by molar-refractivity contribution is 6.34. The molecular formula is C17H16ClFN2O3. The lowest BCUT2D eigenvalue weighted by Gasteiger charge is -2.11. The smallest absolute Gasteiger partial charge is 0.258 e. The zero-order chi connectivity index (χ0) is 17.7. The molecule has 0 aromatic heterocycles. The highest BCUT2D eigenvalue weighted by Gasteiger charge is 2.15. The quantitative estimate of drug-likeness (QED) is 0.865. The maximum absolute atomic E-state index is 13.8. The third kappa shape index (κ3) is 4.31. The first-order valence-electron chi connectivity index (χ1n) is 7.07. The number of amides is 2. The van der Waals surface area contributed by atoms with Gasteiger partial charge in [0, 0.05) is 12.8 Å². The van der Waals surface area contributed by atoms with E-state index in [4.69, 9.17) is 16.3 Å². The molecule has 126 valence electrons. The molecule has 2 aromatic carbocycles. The van der Waals surface area contributed by atoms with E-state index in [0.29, 0.717) is 16.9 Å². The Morgan fingerprint density at radius 1 is 1.21 bits per heavy atom. The largest absolute Gasteiger partial charge is 0.375 e. The Balaban J connectivity index is 2.15. The van der Waals surface area contributed by atoms with E-state index < -0.39 is 11.7 Å². The van der Waals surface area contributed by atoms with E-state index in [1.807, 2.05) is 0 Å². The van der Waals surface area contributed by atoms with Gasteiger partial charge in [0.25, 0.3) is 5.91 Å². The van der Waals surface area contributed by atoms with Gasteiger partial charge in [0.1, 0.15) is 12.4 Å². The number of benzene rings is 2. The lowest BCUT2D eigenvalue weighted by molar-refractivity contribution is -0.119. The fourth-order valence-electron chi connectivity index (χ4n) is 2.12. The maximum Gasteiger partial charge on any atom is 0.258 e. The Morgan fingerprint density at radius 3 is 2.58 bits per heavy atom. The molecule has 2 rings (SSSR count). The van der Waals surface area contributed by atoms with Gasteiger partial charge in [0.2, 0.25) is 5.91 Å². The number of halogens is 2.